The van der Waals surface area contributed by atoms with Crippen LogP contribution in [0, 0.1) is 0 Å². The molecule has 0 saturated heterocycles. The fourth-order valence-electron chi connectivity index (χ4n) is 3.19. The smallest absolute Gasteiger partial charge is 0.0843 e. The zero-order valence-corrected chi connectivity index (χ0v) is 14.6. The molecule has 3 rings (SSSR count). The van der Waals surface area contributed by atoms with E-state index in [1.54, 1.807) is 5.19 Å². The average Bonchev–Trinajstić information content (AvgIpc) is 2.57. The van der Waals surface area contributed by atoms with E-state index in [1.807, 2.05) is 6.07 Å². The molecule has 0 aromatic heterocycles. The molecule has 0 spiro atoms. The molecule has 0 fully saturated rings. The molecule has 2 aromatic carbocycles. The SMILES string of the molecule is CC(C)(C)c1ccc2c(c1)-c1ccc(Cl)cc1[Si]2(C)C. The van der Waals surface area contributed by atoms with Gasteiger partial charge in [0, 0.05) is 5.02 Å². The van der Waals surface area contributed by atoms with E-state index in [0.29, 0.717) is 0 Å². The summed E-state index contributed by atoms with van der Waals surface area (Å²) >= 11 is 6.22. The number of hydrogen-bond donors (Lipinski definition) is 0. The highest BCUT2D eigenvalue weighted by molar-refractivity contribution is 7.03. The Morgan fingerprint density at radius 1 is 0.850 bits per heavy atom. The molecule has 0 N–H and O–H groups in total. The van der Waals surface area contributed by atoms with E-state index in [9.17, 15) is 0 Å². The normalized spacial score (nSPS) is 15.9. The Labute approximate surface area is 127 Å². The maximum Gasteiger partial charge on any atom is 0.113 e. The predicted octanol–water partition coefficient (Wildman–Crippen LogP) is 4.44. The van der Waals surface area contributed by atoms with Crippen molar-refractivity contribution in [2.45, 2.75) is 39.3 Å². The van der Waals surface area contributed by atoms with Gasteiger partial charge in [-0.05, 0) is 44.6 Å². The number of hydrogen-bond acceptors (Lipinski definition) is 0. The lowest BCUT2D eigenvalue weighted by molar-refractivity contribution is 0.590. The van der Waals surface area contributed by atoms with Crippen LogP contribution >= 0.6 is 11.6 Å². The summed E-state index contributed by atoms with van der Waals surface area (Å²) in [6.45, 7) is 11.7. The third-order valence-electron chi connectivity index (χ3n) is 4.50. The molecular weight excluding hydrogens is 280 g/mol. The van der Waals surface area contributed by atoms with Gasteiger partial charge in [-0.1, -0.05) is 69.7 Å². The Morgan fingerprint density at radius 2 is 1.55 bits per heavy atom. The van der Waals surface area contributed by atoms with Crippen molar-refractivity contribution in [3.8, 4) is 11.1 Å². The van der Waals surface area contributed by atoms with E-state index < -0.39 is 8.07 Å². The summed E-state index contributed by atoms with van der Waals surface area (Å²) in [4.78, 5) is 0. The first-order valence-electron chi connectivity index (χ1n) is 7.17. The fraction of sp³-hybridized carbons (Fsp3) is 0.333. The summed E-state index contributed by atoms with van der Waals surface area (Å²) in [6, 6.07) is 13.5. The van der Waals surface area contributed by atoms with E-state index in [2.05, 4.69) is 64.2 Å². The van der Waals surface area contributed by atoms with Crippen molar-refractivity contribution >= 4 is 30.0 Å². The maximum atomic E-state index is 6.22. The van der Waals surface area contributed by atoms with Crippen LogP contribution in [0.1, 0.15) is 26.3 Å². The van der Waals surface area contributed by atoms with Crippen LogP contribution in [-0.2, 0) is 5.41 Å². The molecule has 0 bridgehead atoms. The van der Waals surface area contributed by atoms with Gasteiger partial charge in [0.2, 0.25) is 0 Å². The van der Waals surface area contributed by atoms with Crippen molar-refractivity contribution in [1.82, 2.24) is 0 Å². The molecular formula is C18H21ClSi. The standard InChI is InChI=1S/C18H21ClSi/c1-18(2,3)12-6-9-16-15(10-12)14-8-7-13(19)11-17(14)20(16,4)5/h6-11H,1-5H3. The Balaban J connectivity index is 2.29. The van der Waals surface area contributed by atoms with Crippen molar-refractivity contribution < 1.29 is 0 Å². The molecule has 2 heteroatoms. The van der Waals surface area contributed by atoms with Crippen LogP contribution < -0.4 is 10.4 Å². The van der Waals surface area contributed by atoms with Crippen molar-refractivity contribution in [1.29, 1.82) is 0 Å². The zero-order valence-electron chi connectivity index (χ0n) is 12.8. The molecule has 0 atom stereocenters. The van der Waals surface area contributed by atoms with Crippen LogP contribution in [-0.4, -0.2) is 8.07 Å². The summed E-state index contributed by atoms with van der Waals surface area (Å²) in [5.74, 6) is 0. The monoisotopic (exact) mass is 300 g/mol. The van der Waals surface area contributed by atoms with Crippen LogP contribution in [0.2, 0.25) is 18.1 Å². The lowest BCUT2D eigenvalue weighted by atomic mass is 9.85. The zero-order chi connectivity index (χ0) is 14.7. The summed E-state index contributed by atoms with van der Waals surface area (Å²) < 4.78 is 0. The van der Waals surface area contributed by atoms with Crippen LogP contribution in [0.3, 0.4) is 0 Å². The minimum atomic E-state index is -1.58. The lowest BCUT2D eigenvalue weighted by Gasteiger charge is -2.22. The molecule has 0 saturated carbocycles. The molecule has 0 radical (unpaired) electrons. The first-order valence-corrected chi connectivity index (χ1v) is 10.5. The van der Waals surface area contributed by atoms with Crippen LogP contribution in [0.5, 0.6) is 0 Å². The number of benzene rings is 2. The van der Waals surface area contributed by atoms with Crippen LogP contribution in [0.25, 0.3) is 11.1 Å². The van der Waals surface area contributed by atoms with Gasteiger partial charge in [-0.3, -0.25) is 0 Å². The van der Waals surface area contributed by atoms with Gasteiger partial charge < -0.3 is 0 Å². The van der Waals surface area contributed by atoms with E-state index in [0.717, 1.165) is 5.02 Å². The number of fused-ring (bicyclic) bond motifs is 3. The van der Waals surface area contributed by atoms with Gasteiger partial charge in [-0.15, -0.1) is 0 Å². The second-order valence-electron chi connectivity index (χ2n) is 7.33. The summed E-state index contributed by atoms with van der Waals surface area (Å²) in [5, 5.41) is 3.88. The van der Waals surface area contributed by atoms with E-state index in [4.69, 9.17) is 11.6 Å². The second kappa shape index (κ2) is 4.22. The largest absolute Gasteiger partial charge is 0.113 e. The molecule has 20 heavy (non-hydrogen) atoms. The topological polar surface area (TPSA) is 0 Å². The molecule has 1 aliphatic rings. The van der Waals surface area contributed by atoms with Gasteiger partial charge in [0.05, 0.1) is 0 Å². The van der Waals surface area contributed by atoms with Crippen molar-refractivity contribution in [3.63, 3.8) is 0 Å². The molecule has 1 heterocycles. The van der Waals surface area contributed by atoms with E-state index in [-0.39, 0.29) is 5.41 Å². The number of halogens is 1. The van der Waals surface area contributed by atoms with Crippen molar-refractivity contribution in [3.05, 3.63) is 47.0 Å². The third-order valence-corrected chi connectivity index (χ3v) is 8.28. The Hall–Kier alpha value is -1.05. The highest BCUT2D eigenvalue weighted by Crippen LogP contribution is 2.33. The van der Waals surface area contributed by atoms with Gasteiger partial charge in [-0.2, -0.15) is 0 Å². The van der Waals surface area contributed by atoms with E-state index in [1.165, 1.54) is 21.9 Å². The third kappa shape index (κ3) is 1.96. The Morgan fingerprint density at radius 3 is 2.20 bits per heavy atom. The van der Waals surface area contributed by atoms with Crippen molar-refractivity contribution in [2.24, 2.45) is 0 Å². The molecule has 0 aliphatic carbocycles. The lowest BCUT2D eigenvalue weighted by Crippen LogP contribution is -2.49. The van der Waals surface area contributed by atoms with Crippen LogP contribution in [0.15, 0.2) is 36.4 Å². The molecule has 104 valence electrons. The molecule has 2 aromatic rings. The van der Waals surface area contributed by atoms with Crippen LogP contribution in [0.4, 0.5) is 0 Å². The second-order valence-corrected chi connectivity index (χ2v) is 12.1. The first kappa shape index (κ1) is 13.9. The Bertz CT molecular complexity index is 693. The highest BCUT2D eigenvalue weighted by atomic mass is 35.5. The summed E-state index contributed by atoms with van der Waals surface area (Å²) in [6.07, 6.45) is 0. The Kier molecular flexibility index (Phi) is 2.93. The minimum absolute atomic E-state index is 0.190. The first-order chi connectivity index (χ1) is 9.21. The van der Waals surface area contributed by atoms with Gasteiger partial charge >= 0.3 is 0 Å². The minimum Gasteiger partial charge on any atom is -0.0843 e. The van der Waals surface area contributed by atoms with Gasteiger partial charge in [0.25, 0.3) is 0 Å². The summed E-state index contributed by atoms with van der Waals surface area (Å²) in [7, 11) is -1.58. The van der Waals surface area contributed by atoms with Gasteiger partial charge in [0.15, 0.2) is 0 Å². The molecule has 0 amide bonds. The maximum absolute atomic E-state index is 6.22. The number of rotatable bonds is 0. The van der Waals surface area contributed by atoms with E-state index >= 15 is 0 Å². The molecule has 0 unspecified atom stereocenters. The fourth-order valence-corrected chi connectivity index (χ4v) is 6.53. The van der Waals surface area contributed by atoms with Gasteiger partial charge in [-0.25, -0.2) is 0 Å². The van der Waals surface area contributed by atoms with Crippen molar-refractivity contribution in [2.75, 3.05) is 0 Å². The predicted molar refractivity (Wildman–Crippen MR) is 92.3 cm³/mol. The van der Waals surface area contributed by atoms with Gasteiger partial charge in [0.1, 0.15) is 8.07 Å². The highest BCUT2D eigenvalue weighted by Gasteiger charge is 2.37. The molecule has 1 aliphatic heterocycles. The quantitative estimate of drug-likeness (QED) is 0.631. The average molecular weight is 301 g/mol. The molecule has 0 nitrogen and oxygen atoms in total. The summed E-state index contributed by atoms with van der Waals surface area (Å²) in [5.41, 5.74) is 4.42.